The molecule has 1 aliphatic heterocycles. The summed E-state index contributed by atoms with van der Waals surface area (Å²) in [5.41, 5.74) is 0.527. The van der Waals surface area contributed by atoms with E-state index in [2.05, 4.69) is 5.32 Å². The normalized spacial score (nSPS) is 21.0. The molecule has 1 aromatic carbocycles. The molecule has 1 atom stereocenters. The minimum atomic E-state index is -0.911. The van der Waals surface area contributed by atoms with Crippen LogP contribution in [-0.4, -0.2) is 45.8 Å². The summed E-state index contributed by atoms with van der Waals surface area (Å²) in [6.07, 6.45) is 0. The van der Waals surface area contributed by atoms with E-state index in [1.165, 1.54) is 7.11 Å². The summed E-state index contributed by atoms with van der Waals surface area (Å²) in [5.74, 6) is 0.931. The molecular formula is C14H19ClN2O3S. The van der Waals surface area contributed by atoms with Crippen LogP contribution in [0, 0.1) is 0 Å². The molecule has 0 bridgehead atoms. The van der Waals surface area contributed by atoms with Crippen LogP contribution in [0.4, 0.5) is 10.5 Å². The second-order valence-corrected chi connectivity index (χ2v) is 8.09. The smallest absolute Gasteiger partial charge is 0.322 e. The van der Waals surface area contributed by atoms with Crippen LogP contribution in [0.25, 0.3) is 0 Å². The third-order valence-electron chi connectivity index (χ3n) is 3.43. The van der Waals surface area contributed by atoms with Crippen molar-refractivity contribution in [3.8, 4) is 5.75 Å². The highest BCUT2D eigenvalue weighted by atomic mass is 35.5. The maximum atomic E-state index is 12.4. The van der Waals surface area contributed by atoms with Gasteiger partial charge in [-0.3, -0.25) is 4.21 Å². The Balaban J connectivity index is 2.12. The third-order valence-corrected chi connectivity index (χ3v) is 5.65. The number of benzene rings is 1. The molecule has 1 saturated heterocycles. The fraction of sp³-hybridized carbons (Fsp3) is 0.500. The molecule has 0 saturated carbocycles. The maximum absolute atomic E-state index is 12.4. The fourth-order valence-electron chi connectivity index (χ4n) is 2.26. The summed E-state index contributed by atoms with van der Waals surface area (Å²) in [7, 11) is 0.593. The van der Waals surface area contributed by atoms with E-state index in [1.54, 1.807) is 23.1 Å². The largest absolute Gasteiger partial charge is 0.493 e. The van der Waals surface area contributed by atoms with Gasteiger partial charge in [-0.2, -0.15) is 0 Å². The van der Waals surface area contributed by atoms with Gasteiger partial charge in [-0.25, -0.2) is 4.79 Å². The number of ether oxygens (including phenoxy) is 1. The van der Waals surface area contributed by atoms with Crippen molar-refractivity contribution in [1.82, 2.24) is 4.90 Å². The Labute approximate surface area is 132 Å². The van der Waals surface area contributed by atoms with Crippen molar-refractivity contribution in [2.75, 3.05) is 31.3 Å². The lowest BCUT2D eigenvalue weighted by Gasteiger charge is -2.37. The number of amides is 2. The summed E-state index contributed by atoms with van der Waals surface area (Å²) in [6, 6.07) is 4.94. The zero-order valence-electron chi connectivity index (χ0n) is 12.3. The zero-order valence-corrected chi connectivity index (χ0v) is 13.9. The average Bonchev–Trinajstić information content (AvgIpc) is 2.42. The highest BCUT2D eigenvalue weighted by Gasteiger charge is 2.35. The number of nitrogens with one attached hydrogen (secondary N) is 1. The van der Waals surface area contributed by atoms with Gasteiger partial charge in [0, 0.05) is 29.6 Å². The Morgan fingerprint density at radius 1 is 1.48 bits per heavy atom. The van der Waals surface area contributed by atoms with Crippen molar-refractivity contribution in [2.24, 2.45) is 0 Å². The topological polar surface area (TPSA) is 58.6 Å². The molecule has 1 aliphatic rings. The van der Waals surface area contributed by atoms with Gasteiger partial charge in [-0.1, -0.05) is 17.7 Å². The molecule has 1 heterocycles. The van der Waals surface area contributed by atoms with Crippen molar-refractivity contribution in [2.45, 2.75) is 18.6 Å². The SMILES string of the molecule is COc1c(Cl)cccc1NC(=O)N1CC[S@](=O)C(C)(C)C1. The number of methoxy groups -OCH3 is 1. The van der Waals surface area contributed by atoms with Gasteiger partial charge in [0.25, 0.3) is 0 Å². The Morgan fingerprint density at radius 3 is 2.81 bits per heavy atom. The molecule has 0 aliphatic carbocycles. The summed E-state index contributed by atoms with van der Waals surface area (Å²) in [4.78, 5) is 14.0. The summed E-state index contributed by atoms with van der Waals surface area (Å²) in [5, 5.41) is 3.24. The molecule has 2 rings (SSSR count). The van der Waals surface area contributed by atoms with Crippen LogP contribution in [0.2, 0.25) is 5.02 Å². The molecular weight excluding hydrogens is 312 g/mol. The molecule has 0 spiro atoms. The van der Waals surface area contributed by atoms with Crippen molar-refractivity contribution in [3.63, 3.8) is 0 Å². The van der Waals surface area contributed by atoms with Gasteiger partial charge in [0.1, 0.15) is 0 Å². The van der Waals surface area contributed by atoms with Crippen LogP contribution in [0.15, 0.2) is 18.2 Å². The number of nitrogens with zero attached hydrogens (tertiary/aromatic N) is 1. The first-order chi connectivity index (χ1) is 9.85. The summed E-state index contributed by atoms with van der Waals surface area (Å²) < 4.78 is 16.7. The number of carbonyl (C=O) groups excluding carboxylic acids is 1. The molecule has 1 fully saturated rings. The molecule has 116 valence electrons. The second-order valence-electron chi connectivity index (χ2n) is 5.48. The Hall–Kier alpha value is -1.27. The first-order valence-corrected chi connectivity index (χ1v) is 8.32. The number of hydrogen-bond donors (Lipinski definition) is 1. The Morgan fingerprint density at radius 2 is 2.19 bits per heavy atom. The minimum absolute atomic E-state index is 0.236. The van der Waals surface area contributed by atoms with E-state index in [0.29, 0.717) is 35.3 Å². The zero-order chi connectivity index (χ0) is 15.6. The van der Waals surface area contributed by atoms with Crippen LogP contribution in [-0.2, 0) is 10.8 Å². The van der Waals surface area contributed by atoms with E-state index >= 15 is 0 Å². The van der Waals surface area contributed by atoms with Crippen molar-refractivity contribution in [1.29, 1.82) is 0 Å². The van der Waals surface area contributed by atoms with Crippen molar-refractivity contribution < 1.29 is 13.7 Å². The molecule has 21 heavy (non-hydrogen) atoms. The van der Waals surface area contributed by atoms with E-state index in [4.69, 9.17) is 16.3 Å². The van der Waals surface area contributed by atoms with Crippen LogP contribution in [0.3, 0.4) is 0 Å². The van der Waals surface area contributed by atoms with E-state index in [1.807, 2.05) is 13.8 Å². The minimum Gasteiger partial charge on any atom is -0.493 e. The van der Waals surface area contributed by atoms with Gasteiger partial charge in [-0.05, 0) is 26.0 Å². The van der Waals surface area contributed by atoms with Gasteiger partial charge in [0.15, 0.2) is 5.75 Å². The Kier molecular flexibility index (Phi) is 4.78. The van der Waals surface area contributed by atoms with Gasteiger partial charge < -0.3 is 15.0 Å². The molecule has 0 aromatic heterocycles. The lowest BCUT2D eigenvalue weighted by atomic mass is 10.2. The van der Waals surface area contributed by atoms with Crippen molar-refractivity contribution in [3.05, 3.63) is 23.2 Å². The van der Waals surface area contributed by atoms with Gasteiger partial charge in [0.2, 0.25) is 0 Å². The lowest BCUT2D eigenvalue weighted by Crippen LogP contribution is -2.53. The Bertz CT molecular complexity index is 577. The molecule has 5 nitrogen and oxygen atoms in total. The second kappa shape index (κ2) is 6.23. The van der Waals surface area contributed by atoms with Crippen LogP contribution in [0.1, 0.15) is 13.8 Å². The number of halogens is 1. The summed E-state index contributed by atoms with van der Waals surface area (Å²) >= 11 is 6.03. The predicted molar refractivity (Wildman–Crippen MR) is 85.7 cm³/mol. The quantitative estimate of drug-likeness (QED) is 0.907. The average molecular weight is 331 g/mol. The molecule has 1 N–H and O–H groups in total. The number of urea groups is 1. The number of para-hydroxylation sites is 1. The van der Waals surface area contributed by atoms with Crippen LogP contribution >= 0.6 is 11.6 Å². The first kappa shape index (κ1) is 16.1. The highest BCUT2D eigenvalue weighted by molar-refractivity contribution is 7.86. The fourth-order valence-corrected chi connectivity index (χ4v) is 3.75. The molecule has 7 heteroatoms. The van der Waals surface area contributed by atoms with Gasteiger partial charge in [0.05, 0.1) is 22.6 Å². The summed E-state index contributed by atoms with van der Waals surface area (Å²) in [6.45, 7) is 4.74. The van der Waals surface area contributed by atoms with E-state index < -0.39 is 15.5 Å². The standard InChI is InChI=1S/C14H19ClN2O3S/c1-14(2)9-17(7-8-21(14)19)13(18)16-11-6-4-5-10(15)12(11)20-3/h4-6H,7-9H2,1-3H3,(H,16,18)/t21-/m0/s1. The number of anilines is 1. The van der Waals surface area contributed by atoms with Gasteiger partial charge >= 0.3 is 6.03 Å². The monoisotopic (exact) mass is 330 g/mol. The van der Waals surface area contributed by atoms with E-state index in [-0.39, 0.29) is 6.03 Å². The highest BCUT2D eigenvalue weighted by Crippen LogP contribution is 2.32. The maximum Gasteiger partial charge on any atom is 0.322 e. The number of hydrogen-bond acceptors (Lipinski definition) is 3. The van der Waals surface area contributed by atoms with Crippen LogP contribution < -0.4 is 10.1 Å². The first-order valence-electron chi connectivity index (χ1n) is 6.62. The van der Waals surface area contributed by atoms with E-state index in [9.17, 15) is 9.00 Å². The number of carbonyl (C=O) groups is 1. The van der Waals surface area contributed by atoms with Crippen LogP contribution in [0.5, 0.6) is 5.75 Å². The van der Waals surface area contributed by atoms with Crippen molar-refractivity contribution >= 4 is 34.1 Å². The molecule has 2 amide bonds. The predicted octanol–water partition coefficient (Wildman–Crippen LogP) is 2.72. The molecule has 1 aromatic rings. The molecule has 0 unspecified atom stereocenters. The third kappa shape index (κ3) is 3.49. The van der Waals surface area contributed by atoms with E-state index in [0.717, 1.165) is 0 Å². The molecule has 0 radical (unpaired) electrons. The lowest BCUT2D eigenvalue weighted by molar-refractivity contribution is 0.207. The van der Waals surface area contributed by atoms with Gasteiger partial charge in [-0.15, -0.1) is 0 Å². The number of rotatable bonds is 2.